The van der Waals surface area contributed by atoms with Crippen molar-refractivity contribution in [2.24, 2.45) is 5.92 Å². The van der Waals surface area contributed by atoms with E-state index in [1.165, 1.54) is 0 Å². The predicted octanol–water partition coefficient (Wildman–Crippen LogP) is 3.04. The molecule has 1 aromatic carbocycles. The van der Waals surface area contributed by atoms with Crippen molar-refractivity contribution in [1.82, 2.24) is 4.90 Å². The number of nitrogens with zero attached hydrogens (tertiary/aromatic N) is 1. The minimum atomic E-state index is -0.574. The number of esters is 1. The van der Waals surface area contributed by atoms with Crippen molar-refractivity contribution >= 4 is 17.6 Å². The van der Waals surface area contributed by atoms with E-state index >= 15 is 0 Å². The number of β-amino-alcohol motifs (C(OH)–C–C–N with tert-alkyl or cyclic N) is 1. The van der Waals surface area contributed by atoms with E-state index in [1.54, 1.807) is 6.07 Å². The summed E-state index contributed by atoms with van der Waals surface area (Å²) in [6, 6.07) is 7.40. The quantitative estimate of drug-likeness (QED) is 0.817. The van der Waals surface area contributed by atoms with Crippen LogP contribution in [-0.2, 0) is 9.53 Å². The third-order valence-electron chi connectivity index (χ3n) is 4.16. The van der Waals surface area contributed by atoms with Gasteiger partial charge in [-0.05, 0) is 44.8 Å². The van der Waals surface area contributed by atoms with Crippen LogP contribution in [-0.4, -0.2) is 42.2 Å². The van der Waals surface area contributed by atoms with Crippen LogP contribution in [0.3, 0.4) is 0 Å². The molecule has 5 heteroatoms. The van der Waals surface area contributed by atoms with Crippen LogP contribution in [0.2, 0.25) is 5.02 Å². The summed E-state index contributed by atoms with van der Waals surface area (Å²) < 4.78 is 5.00. The van der Waals surface area contributed by atoms with E-state index < -0.39 is 6.10 Å². The van der Waals surface area contributed by atoms with Crippen LogP contribution < -0.4 is 0 Å². The molecule has 0 radical (unpaired) electrons. The van der Waals surface area contributed by atoms with Crippen molar-refractivity contribution in [1.29, 1.82) is 0 Å². The summed E-state index contributed by atoms with van der Waals surface area (Å²) in [5.74, 6) is 0.296. The summed E-state index contributed by atoms with van der Waals surface area (Å²) in [5, 5.41) is 10.9. The highest BCUT2D eigenvalue weighted by Crippen LogP contribution is 2.26. The molecule has 0 spiro atoms. The molecular formula is C17H24ClNO3. The molecule has 1 aliphatic rings. The Morgan fingerprint density at radius 3 is 2.73 bits per heavy atom. The lowest BCUT2D eigenvalue weighted by atomic mass is 9.93. The maximum atomic E-state index is 11.5. The first kappa shape index (κ1) is 17.3. The Morgan fingerprint density at radius 1 is 1.41 bits per heavy atom. The third-order valence-corrected chi connectivity index (χ3v) is 4.51. The van der Waals surface area contributed by atoms with E-state index in [-0.39, 0.29) is 5.97 Å². The van der Waals surface area contributed by atoms with Gasteiger partial charge < -0.3 is 14.7 Å². The lowest BCUT2D eigenvalue weighted by molar-refractivity contribution is -0.144. The first-order chi connectivity index (χ1) is 10.6. The Morgan fingerprint density at radius 2 is 2.09 bits per heavy atom. The van der Waals surface area contributed by atoms with E-state index in [0.29, 0.717) is 30.5 Å². The van der Waals surface area contributed by atoms with Crippen molar-refractivity contribution in [2.45, 2.75) is 32.3 Å². The maximum absolute atomic E-state index is 11.5. The van der Waals surface area contributed by atoms with Crippen molar-refractivity contribution < 1.29 is 14.6 Å². The Labute approximate surface area is 137 Å². The minimum absolute atomic E-state index is 0.1000. The second-order valence-corrected chi connectivity index (χ2v) is 6.20. The molecule has 0 saturated carbocycles. The van der Waals surface area contributed by atoms with Gasteiger partial charge in [0.05, 0.1) is 12.7 Å². The number of aliphatic hydroxyl groups is 1. The fourth-order valence-corrected chi connectivity index (χ4v) is 3.18. The highest BCUT2D eigenvalue weighted by atomic mass is 35.5. The highest BCUT2D eigenvalue weighted by molar-refractivity contribution is 6.31. The normalized spacial score (nSPS) is 18.1. The number of halogens is 1. The van der Waals surface area contributed by atoms with E-state index in [1.807, 2.05) is 25.1 Å². The number of piperidine rings is 1. The predicted molar refractivity (Wildman–Crippen MR) is 86.8 cm³/mol. The molecule has 1 atom stereocenters. The van der Waals surface area contributed by atoms with Gasteiger partial charge in [-0.3, -0.25) is 4.79 Å². The molecule has 122 valence electrons. The molecule has 4 nitrogen and oxygen atoms in total. The molecule has 1 aliphatic heterocycles. The topological polar surface area (TPSA) is 49.8 Å². The van der Waals surface area contributed by atoms with Crippen LogP contribution in [0.25, 0.3) is 0 Å². The average Bonchev–Trinajstić information content (AvgIpc) is 2.50. The Kier molecular flexibility index (Phi) is 6.68. The number of likely N-dealkylation sites (tertiary alicyclic amines) is 1. The van der Waals surface area contributed by atoms with Gasteiger partial charge in [0.2, 0.25) is 0 Å². The molecule has 1 saturated heterocycles. The van der Waals surface area contributed by atoms with Gasteiger partial charge in [0.15, 0.2) is 0 Å². The van der Waals surface area contributed by atoms with Crippen molar-refractivity contribution in [3.63, 3.8) is 0 Å². The molecule has 0 aromatic heterocycles. The number of carbonyl (C=O) groups is 1. The first-order valence-electron chi connectivity index (χ1n) is 7.90. The Bertz CT molecular complexity index is 487. The van der Waals surface area contributed by atoms with Gasteiger partial charge in [-0.2, -0.15) is 0 Å². The third kappa shape index (κ3) is 4.97. The van der Waals surface area contributed by atoms with Crippen LogP contribution in [0.5, 0.6) is 0 Å². The molecule has 0 aliphatic carbocycles. The standard InChI is InChI=1S/C17H24ClNO3/c1-2-22-17(21)11-13-7-9-19(10-8-13)12-16(20)14-5-3-4-6-15(14)18/h3-6,13,16,20H,2,7-12H2,1H3. The molecule has 1 fully saturated rings. The zero-order chi connectivity index (χ0) is 15.9. The lowest BCUT2D eigenvalue weighted by Crippen LogP contribution is -2.37. The van der Waals surface area contributed by atoms with Gasteiger partial charge in [0.25, 0.3) is 0 Å². The van der Waals surface area contributed by atoms with E-state index in [2.05, 4.69) is 4.90 Å². The summed E-state index contributed by atoms with van der Waals surface area (Å²) in [5.41, 5.74) is 0.776. The molecular weight excluding hydrogens is 302 g/mol. The molecule has 1 aromatic rings. The molecule has 22 heavy (non-hydrogen) atoms. The first-order valence-corrected chi connectivity index (χ1v) is 8.28. The van der Waals surface area contributed by atoms with Crippen molar-refractivity contribution in [2.75, 3.05) is 26.2 Å². The van der Waals surface area contributed by atoms with Gasteiger partial charge in [0.1, 0.15) is 0 Å². The van der Waals surface area contributed by atoms with Gasteiger partial charge in [0, 0.05) is 23.6 Å². The van der Waals surface area contributed by atoms with Gasteiger partial charge in [-0.15, -0.1) is 0 Å². The number of benzene rings is 1. The van der Waals surface area contributed by atoms with E-state index in [0.717, 1.165) is 31.5 Å². The average molecular weight is 326 g/mol. The molecule has 1 heterocycles. The summed E-state index contributed by atoms with van der Waals surface area (Å²) in [6.07, 6.45) is 1.87. The number of aliphatic hydroxyl groups excluding tert-OH is 1. The van der Waals surface area contributed by atoms with Crippen molar-refractivity contribution in [3.8, 4) is 0 Å². The smallest absolute Gasteiger partial charge is 0.306 e. The largest absolute Gasteiger partial charge is 0.466 e. The number of carbonyl (C=O) groups excluding carboxylic acids is 1. The highest BCUT2D eigenvalue weighted by Gasteiger charge is 2.24. The van der Waals surface area contributed by atoms with E-state index in [9.17, 15) is 9.90 Å². The summed E-state index contributed by atoms with van der Waals surface area (Å²) in [4.78, 5) is 13.7. The number of ether oxygens (including phenoxy) is 1. The van der Waals surface area contributed by atoms with Gasteiger partial charge in [-0.1, -0.05) is 29.8 Å². The number of rotatable bonds is 6. The number of hydrogen-bond donors (Lipinski definition) is 1. The van der Waals surface area contributed by atoms with Crippen molar-refractivity contribution in [3.05, 3.63) is 34.9 Å². The van der Waals surface area contributed by atoms with Crippen LogP contribution in [0.1, 0.15) is 37.9 Å². The Hall–Kier alpha value is -1.10. The molecule has 2 rings (SSSR count). The van der Waals surface area contributed by atoms with Crippen LogP contribution in [0.15, 0.2) is 24.3 Å². The Balaban J connectivity index is 1.78. The SMILES string of the molecule is CCOC(=O)CC1CCN(CC(O)c2ccccc2Cl)CC1. The zero-order valence-electron chi connectivity index (χ0n) is 13.0. The van der Waals surface area contributed by atoms with Gasteiger partial charge >= 0.3 is 5.97 Å². The van der Waals surface area contributed by atoms with E-state index in [4.69, 9.17) is 16.3 Å². The monoisotopic (exact) mass is 325 g/mol. The number of hydrogen-bond acceptors (Lipinski definition) is 4. The van der Waals surface area contributed by atoms with Crippen LogP contribution in [0, 0.1) is 5.92 Å². The van der Waals surface area contributed by atoms with Crippen LogP contribution >= 0.6 is 11.6 Å². The minimum Gasteiger partial charge on any atom is -0.466 e. The second kappa shape index (κ2) is 8.51. The van der Waals surface area contributed by atoms with Gasteiger partial charge in [-0.25, -0.2) is 0 Å². The molecule has 0 bridgehead atoms. The van der Waals surface area contributed by atoms with Crippen LogP contribution in [0.4, 0.5) is 0 Å². The fourth-order valence-electron chi connectivity index (χ4n) is 2.92. The summed E-state index contributed by atoms with van der Waals surface area (Å²) in [6.45, 7) is 4.64. The zero-order valence-corrected chi connectivity index (χ0v) is 13.8. The molecule has 0 amide bonds. The summed E-state index contributed by atoms with van der Waals surface area (Å²) in [7, 11) is 0. The summed E-state index contributed by atoms with van der Waals surface area (Å²) >= 11 is 6.12. The fraction of sp³-hybridized carbons (Fsp3) is 0.588. The molecule has 1 unspecified atom stereocenters. The molecule has 1 N–H and O–H groups in total. The maximum Gasteiger partial charge on any atom is 0.306 e. The second-order valence-electron chi connectivity index (χ2n) is 5.79. The lowest BCUT2D eigenvalue weighted by Gasteiger charge is -2.33.